The summed E-state index contributed by atoms with van der Waals surface area (Å²) in [6.07, 6.45) is 2.10. The Morgan fingerprint density at radius 3 is 2.73 bits per heavy atom. The molecule has 0 amide bonds. The molecule has 0 saturated heterocycles. The number of hydrogen-bond acceptors (Lipinski definition) is 5. The van der Waals surface area contributed by atoms with Gasteiger partial charge in [0.25, 0.3) is 0 Å². The number of esters is 1. The second-order valence-electron chi connectivity index (χ2n) is 5.66. The zero-order valence-electron chi connectivity index (χ0n) is 14.4. The number of nitrogens with one attached hydrogen (secondary N) is 1. The van der Waals surface area contributed by atoms with Crippen molar-refractivity contribution in [3.8, 4) is 0 Å². The second kappa shape index (κ2) is 8.92. The molecule has 0 aliphatic carbocycles. The lowest BCUT2D eigenvalue weighted by atomic mass is 10.2. The van der Waals surface area contributed by atoms with E-state index in [9.17, 15) is 4.79 Å². The molecule has 0 unspecified atom stereocenters. The van der Waals surface area contributed by atoms with Crippen LogP contribution in [-0.4, -0.2) is 17.6 Å². The second-order valence-corrected chi connectivity index (χ2v) is 7.09. The molecule has 0 radical (unpaired) electrons. The van der Waals surface area contributed by atoms with E-state index in [1.807, 2.05) is 54.6 Å². The Balaban J connectivity index is 1.80. The fraction of sp³-hybridized carbons (Fsp3) is 0.200. The number of anilines is 1. The number of benzene rings is 2. The van der Waals surface area contributed by atoms with Crippen LogP contribution in [-0.2, 0) is 15.3 Å². The van der Waals surface area contributed by atoms with Crippen molar-refractivity contribution in [1.29, 1.82) is 0 Å². The largest absolute Gasteiger partial charge is 0.466 e. The monoisotopic (exact) mass is 386 g/mol. The number of para-hydroxylation sites is 2. The molecular weight excluding hydrogens is 368 g/mol. The zero-order valence-corrected chi connectivity index (χ0v) is 15.9. The molecule has 0 fully saturated rings. The normalized spacial score (nSPS) is 13.0. The maximum atomic E-state index is 11.9. The van der Waals surface area contributed by atoms with E-state index in [-0.39, 0.29) is 12.4 Å². The summed E-state index contributed by atoms with van der Waals surface area (Å²) in [5.74, 6) is 0.508. The molecule has 1 heterocycles. The smallest absolute Gasteiger partial charge is 0.311 e. The Labute approximate surface area is 162 Å². The zero-order chi connectivity index (χ0) is 18.4. The predicted octanol–water partition coefficient (Wildman–Crippen LogP) is 5.57. The summed E-state index contributed by atoms with van der Waals surface area (Å²) >= 11 is 7.56. The molecule has 0 aromatic heterocycles. The van der Waals surface area contributed by atoms with Gasteiger partial charge < -0.3 is 10.1 Å². The van der Waals surface area contributed by atoms with Crippen molar-refractivity contribution < 1.29 is 9.53 Å². The quantitative estimate of drug-likeness (QED) is 0.683. The van der Waals surface area contributed by atoms with Crippen LogP contribution in [0.4, 0.5) is 11.4 Å². The maximum absolute atomic E-state index is 11.9. The topological polar surface area (TPSA) is 50.7 Å². The number of thioether (sulfide) groups is 1. The highest BCUT2D eigenvalue weighted by atomic mass is 35.5. The van der Waals surface area contributed by atoms with Gasteiger partial charge in [-0.1, -0.05) is 35.9 Å². The summed E-state index contributed by atoms with van der Waals surface area (Å²) in [6, 6.07) is 15.6. The minimum atomic E-state index is -0.257. The Hall–Kier alpha value is -2.24. The number of fused-ring (bicyclic) bond motifs is 1. The molecule has 4 nitrogen and oxygen atoms in total. The number of ether oxygens (including phenoxy) is 1. The van der Waals surface area contributed by atoms with Crippen molar-refractivity contribution in [2.24, 2.45) is 4.99 Å². The first kappa shape index (κ1) is 18.5. The number of hydrogen-bond donors (Lipinski definition) is 1. The molecule has 2 aromatic rings. The van der Waals surface area contributed by atoms with Gasteiger partial charge in [-0.15, -0.1) is 11.8 Å². The third-order valence-electron chi connectivity index (χ3n) is 3.67. The van der Waals surface area contributed by atoms with Gasteiger partial charge in [0.15, 0.2) is 0 Å². The molecule has 3 rings (SSSR count). The molecule has 1 aliphatic heterocycles. The summed E-state index contributed by atoms with van der Waals surface area (Å²) in [6.45, 7) is 2.17. The van der Waals surface area contributed by atoms with Gasteiger partial charge in [-0.3, -0.25) is 4.79 Å². The number of carbonyl (C=O) groups excluding carboxylic acids is 1. The Bertz CT molecular complexity index is 847. The van der Waals surface area contributed by atoms with Crippen molar-refractivity contribution in [3.05, 3.63) is 70.9 Å². The molecular formula is C20H19ClN2O2S. The highest BCUT2D eigenvalue weighted by Gasteiger charge is 2.14. The Morgan fingerprint density at radius 2 is 1.96 bits per heavy atom. The van der Waals surface area contributed by atoms with Crippen molar-refractivity contribution >= 4 is 45.8 Å². The van der Waals surface area contributed by atoms with E-state index in [1.165, 1.54) is 0 Å². The van der Waals surface area contributed by atoms with Crippen molar-refractivity contribution in [2.75, 3.05) is 11.9 Å². The lowest BCUT2D eigenvalue weighted by Crippen LogP contribution is -2.10. The first-order valence-electron chi connectivity index (χ1n) is 8.32. The van der Waals surface area contributed by atoms with Crippen LogP contribution < -0.4 is 5.32 Å². The van der Waals surface area contributed by atoms with Gasteiger partial charge in [-0.2, -0.15) is 0 Å². The lowest BCUT2D eigenvalue weighted by Gasteiger charge is -2.10. The molecule has 0 spiro atoms. The molecule has 6 heteroatoms. The molecule has 2 aromatic carbocycles. The van der Waals surface area contributed by atoms with E-state index < -0.39 is 0 Å². The fourth-order valence-corrected chi connectivity index (χ4v) is 3.48. The number of aliphatic imine (C=N–C) groups is 1. The SMILES string of the molecule is CCOC(=O)CC1=CC(SCc2ccc(Cl)cc2)=Nc2ccccc2N1. The Morgan fingerprint density at radius 1 is 1.19 bits per heavy atom. The fourth-order valence-electron chi connectivity index (χ4n) is 2.46. The summed E-state index contributed by atoms with van der Waals surface area (Å²) in [7, 11) is 0. The molecule has 0 bridgehead atoms. The van der Waals surface area contributed by atoms with Crippen LogP contribution in [0.25, 0.3) is 0 Å². The molecule has 134 valence electrons. The first-order valence-corrected chi connectivity index (χ1v) is 9.68. The van der Waals surface area contributed by atoms with Gasteiger partial charge in [-0.25, -0.2) is 4.99 Å². The van der Waals surface area contributed by atoms with E-state index in [1.54, 1.807) is 18.7 Å². The van der Waals surface area contributed by atoms with Crippen LogP contribution in [0.5, 0.6) is 0 Å². The summed E-state index contributed by atoms with van der Waals surface area (Å²) in [5, 5.41) is 4.87. The number of halogens is 1. The highest BCUT2D eigenvalue weighted by Crippen LogP contribution is 2.31. The van der Waals surface area contributed by atoms with E-state index in [4.69, 9.17) is 21.3 Å². The van der Waals surface area contributed by atoms with Crippen LogP contribution in [0, 0.1) is 0 Å². The average molecular weight is 387 g/mol. The van der Waals surface area contributed by atoms with E-state index in [0.29, 0.717) is 6.61 Å². The van der Waals surface area contributed by atoms with Crippen LogP contribution in [0.15, 0.2) is 65.3 Å². The molecule has 1 N–H and O–H groups in total. The first-order chi connectivity index (χ1) is 12.6. The minimum Gasteiger partial charge on any atom is -0.466 e. The van der Waals surface area contributed by atoms with Crippen molar-refractivity contribution in [3.63, 3.8) is 0 Å². The van der Waals surface area contributed by atoms with Crippen LogP contribution in [0.1, 0.15) is 18.9 Å². The van der Waals surface area contributed by atoms with Crippen molar-refractivity contribution in [1.82, 2.24) is 0 Å². The van der Waals surface area contributed by atoms with E-state index in [0.717, 1.165) is 38.5 Å². The molecule has 0 saturated carbocycles. The molecule has 1 aliphatic rings. The third-order valence-corrected chi connectivity index (χ3v) is 4.90. The average Bonchev–Trinajstić information content (AvgIpc) is 2.80. The standard InChI is InChI=1S/C20H19ClN2O2S/c1-2-25-20(24)12-16-11-19(23-18-6-4-3-5-17(18)22-16)26-13-14-7-9-15(21)10-8-14/h3-11,22H,2,12-13H2,1H3. The minimum absolute atomic E-state index is 0.183. The summed E-state index contributed by atoms with van der Waals surface area (Å²) in [4.78, 5) is 16.6. The number of rotatable bonds is 5. The van der Waals surface area contributed by atoms with Gasteiger partial charge in [0.1, 0.15) is 0 Å². The van der Waals surface area contributed by atoms with Gasteiger partial charge in [0.05, 0.1) is 29.4 Å². The van der Waals surface area contributed by atoms with Crippen molar-refractivity contribution in [2.45, 2.75) is 19.1 Å². The third kappa shape index (κ3) is 5.13. The predicted molar refractivity (Wildman–Crippen MR) is 109 cm³/mol. The number of nitrogens with zero attached hydrogens (tertiary/aromatic N) is 1. The Kier molecular flexibility index (Phi) is 6.36. The van der Waals surface area contributed by atoms with Gasteiger partial charge in [-0.05, 0) is 42.8 Å². The van der Waals surface area contributed by atoms with E-state index in [2.05, 4.69) is 5.32 Å². The van der Waals surface area contributed by atoms with Crippen LogP contribution >= 0.6 is 23.4 Å². The number of carbonyl (C=O) groups is 1. The van der Waals surface area contributed by atoms with Gasteiger partial charge in [0, 0.05) is 16.5 Å². The highest BCUT2D eigenvalue weighted by molar-refractivity contribution is 8.13. The van der Waals surface area contributed by atoms with E-state index >= 15 is 0 Å². The van der Waals surface area contributed by atoms with Crippen LogP contribution in [0.2, 0.25) is 5.02 Å². The van der Waals surface area contributed by atoms with Gasteiger partial charge in [0.2, 0.25) is 0 Å². The molecule has 0 atom stereocenters. The summed E-state index contributed by atoms with van der Waals surface area (Å²) in [5.41, 5.74) is 3.66. The maximum Gasteiger partial charge on any atom is 0.311 e. The summed E-state index contributed by atoms with van der Waals surface area (Å²) < 4.78 is 5.07. The van der Waals surface area contributed by atoms with Crippen LogP contribution in [0.3, 0.4) is 0 Å². The van der Waals surface area contributed by atoms with Gasteiger partial charge >= 0.3 is 5.97 Å². The lowest BCUT2D eigenvalue weighted by molar-refractivity contribution is -0.142. The molecule has 26 heavy (non-hydrogen) atoms.